The van der Waals surface area contributed by atoms with E-state index in [1.165, 1.54) is 0 Å². The maximum atomic E-state index is 12.2. The molecule has 1 aromatic heterocycles. The van der Waals surface area contributed by atoms with Gasteiger partial charge in [0.05, 0.1) is 12.6 Å². The number of aromatic nitrogens is 1. The minimum Gasteiger partial charge on any atom is -0.350 e. The molecule has 0 spiro atoms. The van der Waals surface area contributed by atoms with Crippen molar-refractivity contribution in [2.24, 2.45) is 11.7 Å². The molecule has 1 aromatic carbocycles. The first-order valence-electron chi connectivity index (χ1n) is 8.97. The number of nitrogens with zero attached hydrogens (tertiary/aromatic N) is 1. The summed E-state index contributed by atoms with van der Waals surface area (Å²) >= 11 is 0. The summed E-state index contributed by atoms with van der Waals surface area (Å²) in [4.78, 5) is 39.7. The SMILES string of the molecule is CC(C)[C@H](N)C(=O)NCC(=O)NCc1ccc(C(=O)Nc2ccncc2)cc1. The largest absolute Gasteiger partial charge is 0.350 e. The molecule has 0 aliphatic carbocycles. The molecule has 2 aromatic rings. The van der Waals surface area contributed by atoms with Crippen molar-refractivity contribution in [3.8, 4) is 0 Å². The Morgan fingerprint density at radius 3 is 2.25 bits per heavy atom. The monoisotopic (exact) mass is 383 g/mol. The average molecular weight is 383 g/mol. The smallest absolute Gasteiger partial charge is 0.255 e. The average Bonchev–Trinajstić information content (AvgIpc) is 2.70. The minimum atomic E-state index is -0.640. The van der Waals surface area contributed by atoms with Crippen LogP contribution < -0.4 is 21.7 Å². The molecular weight excluding hydrogens is 358 g/mol. The Morgan fingerprint density at radius 1 is 1.00 bits per heavy atom. The number of pyridine rings is 1. The van der Waals surface area contributed by atoms with Crippen LogP contribution in [0.25, 0.3) is 0 Å². The van der Waals surface area contributed by atoms with Crippen molar-refractivity contribution < 1.29 is 14.4 Å². The van der Waals surface area contributed by atoms with E-state index in [2.05, 4.69) is 20.9 Å². The molecule has 2 rings (SSSR count). The third kappa shape index (κ3) is 6.48. The Morgan fingerprint density at radius 2 is 1.64 bits per heavy atom. The second kappa shape index (κ2) is 10.2. The number of rotatable bonds is 8. The molecule has 5 N–H and O–H groups in total. The van der Waals surface area contributed by atoms with Crippen molar-refractivity contribution >= 4 is 23.4 Å². The number of anilines is 1. The van der Waals surface area contributed by atoms with Crippen molar-refractivity contribution in [3.63, 3.8) is 0 Å². The lowest BCUT2D eigenvalue weighted by Gasteiger charge is -2.15. The van der Waals surface area contributed by atoms with Gasteiger partial charge >= 0.3 is 0 Å². The van der Waals surface area contributed by atoms with Gasteiger partial charge in [0.2, 0.25) is 11.8 Å². The van der Waals surface area contributed by atoms with Crippen LogP contribution in [0.3, 0.4) is 0 Å². The molecule has 8 heteroatoms. The van der Waals surface area contributed by atoms with Crippen LogP contribution in [-0.4, -0.2) is 35.3 Å². The van der Waals surface area contributed by atoms with Crippen molar-refractivity contribution in [3.05, 3.63) is 59.9 Å². The van der Waals surface area contributed by atoms with Crippen molar-refractivity contribution in [2.45, 2.75) is 26.4 Å². The second-order valence-corrected chi connectivity index (χ2v) is 6.65. The molecule has 8 nitrogen and oxygen atoms in total. The van der Waals surface area contributed by atoms with E-state index in [9.17, 15) is 14.4 Å². The fourth-order valence-electron chi connectivity index (χ4n) is 2.26. The predicted octanol–water partition coefficient (Wildman–Crippen LogP) is 1.05. The van der Waals surface area contributed by atoms with Gasteiger partial charge in [-0.15, -0.1) is 0 Å². The Bertz CT molecular complexity index is 806. The second-order valence-electron chi connectivity index (χ2n) is 6.65. The maximum absolute atomic E-state index is 12.2. The Kier molecular flexibility index (Phi) is 7.65. The highest BCUT2D eigenvalue weighted by Gasteiger charge is 2.17. The lowest BCUT2D eigenvalue weighted by molar-refractivity contribution is -0.127. The zero-order valence-electron chi connectivity index (χ0n) is 15.9. The van der Waals surface area contributed by atoms with E-state index >= 15 is 0 Å². The van der Waals surface area contributed by atoms with Crippen LogP contribution in [0.2, 0.25) is 0 Å². The molecule has 0 saturated heterocycles. The normalized spacial score (nSPS) is 11.6. The number of amides is 3. The standard InChI is InChI=1S/C20H25N5O3/c1-13(2)18(21)20(28)24-12-17(26)23-11-14-3-5-15(6-4-14)19(27)25-16-7-9-22-10-8-16/h3-10,13,18H,11-12,21H2,1-2H3,(H,23,26)(H,24,28)(H,22,25,27)/t18-/m0/s1. The molecular formula is C20H25N5O3. The molecule has 148 valence electrons. The summed E-state index contributed by atoms with van der Waals surface area (Å²) in [6, 6.07) is 9.65. The summed E-state index contributed by atoms with van der Waals surface area (Å²) in [5.74, 6) is -0.901. The van der Waals surface area contributed by atoms with Gasteiger partial charge in [-0.3, -0.25) is 19.4 Å². The topological polar surface area (TPSA) is 126 Å². The van der Waals surface area contributed by atoms with E-state index in [-0.39, 0.29) is 36.7 Å². The fourth-order valence-corrected chi connectivity index (χ4v) is 2.26. The predicted molar refractivity (Wildman–Crippen MR) is 106 cm³/mol. The third-order valence-electron chi connectivity index (χ3n) is 4.09. The van der Waals surface area contributed by atoms with Crippen molar-refractivity contribution in [1.82, 2.24) is 15.6 Å². The highest BCUT2D eigenvalue weighted by Crippen LogP contribution is 2.09. The number of benzene rings is 1. The number of nitrogens with one attached hydrogen (secondary N) is 3. The number of hydrogen-bond acceptors (Lipinski definition) is 5. The van der Waals surface area contributed by atoms with E-state index < -0.39 is 6.04 Å². The fraction of sp³-hybridized carbons (Fsp3) is 0.300. The van der Waals surface area contributed by atoms with Crippen molar-refractivity contribution in [2.75, 3.05) is 11.9 Å². The van der Waals surface area contributed by atoms with Gasteiger partial charge in [0.1, 0.15) is 0 Å². The first-order chi connectivity index (χ1) is 13.4. The van der Waals surface area contributed by atoms with Gasteiger partial charge < -0.3 is 21.7 Å². The summed E-state index contributed by atoms with van der Waals surface area (Å²) in [7, 11) is 0. The van der Waals surface area contributed by atoms with E-state index in [1.807, 2.05) is 13.8 Å². The van der Waals surface area contributed by atoms with Gasteiger partial charge in [0.25, 0.3) is 5.91 Å². The molecule has 1 atom stereocenters. The Balaban J connectivity index is 1.78. The third-order valence-corrected chi connectivity index (χ3v) is 4.09. The molecule has 0 saturated carbocycles. The lowest BCUT2D eigenvalue weighted by Crippen LogP contribution is -2.47. The van der Waals surface area contributed by atoms with Crippen LogP contribution in [0.5, 0.6) is 0 Å². The van der Waals surface area contributed by atoms with Gasteiger partial charge in [-0.1, -0.05) is 26.0 Å². The van der Waals surface area contributed by atoms with Gasteiger partial charge in [-0.25, -0.2) is 0 Å². The van der Waals surface area contributed by atoms with Crippen LogP contribution in [0.4, 0.5) is 5.69 Å². The first-order valence-corrected chi connectivity index (χ1v) is 8.97. The van der Waals surface area contributed by atoms with Gasteiger partial charge in [0, 0.05) is 30.2 Å². The summed E-state index contributed by atoms with van der Waals surface area (Å²) in [5, 5.41) is 8.00. The molecule has 0 aliphatic rings. The summed E-state index contributed by atoms with van der Waals surface area (Å²) in [5.41, 5.74) is 7.72. The highest BCUT2D eigenvalue weighted by atomic mass is 16.2. The summed E-state index contributed by atoms with van der Waals surface area (Å²) < 4.78 is 0. The van der Waals surface area contributed by atoms with Gasteiger partial charge in [0.15, 0.2) is 0 Å². The van der Waals surface area contributed by atoms with Crippen molar-refractivity contribution in [1.29, 1.82) is 0 Å². The number of carbonyl (C=O) groups excluding carboxylic acids is 3. The summed E-state index contributed by atoms with van der Waals surface area (Å²) in [6.07, 6.45) is 3.20. The minimum absolute atomic E-state index is 0.00247. The van der Waals surface area contributed by atoms with Gasteiger partial charge in [-0.05, 0) is 35.7 Å². The highest BCUT2D eigenvalue weighted by molar-refractivity contribution is 6.04. The van der Waals surface area contributed by atoms with E-state index in [0.29, 0.717) is 11.3 Å². The molecule has 28 heavy (non-hydrogen) atoms. The van der Waals surface area contributed by atoms with E-state index in [4.69, 9.17) is 5.73 Å². The van der Waals surface area contributed by atoms with Gasteiger partial charge in [-0.2, -0.15) is 0 Å². The van der Waals surface area contributed by atoms with Crippen LogP contribution in [-0.2, 0) is 16.1 Å². The number of hydrogen-bond donors (Lipinski definition) is 4. The van der Waals surface area contributed by atoms with Crippen LogP contribution >= 0.6 is 0 Å². The molecule has 0 bridgehead atoms. The molecule has 0 aliphatic heterocycles. The Hall–Kier alpha value is -3.26. The molecule has 0 fully saturated rings. The summed E-state index contributed by atoms with van der Waals surface area (Å²) in [6.45, 7) is 3.83. The molecule has 1 heterocycles. The zero-order chi connectivity index (χ0) is 20.5. The molecule has 0 radical (unpaired) electrons. The quantitative estimate of drug-likeness (QED) is 0.542. The number of carbonyl (C=O) groups is 3. The maximum Gasteiger partial charge on any atom is 0.255 e. The molecule has 3 amide bonds. The zero-order valence-corrected chi connectivity index (χ0v) is 15.9. The van der Waals surface area contributed by atoms with E-state index in [1.54, 1.807) is 48.8 Å². The van der Waals surface area contributed by atoms with E-state index in [0.717, 1.165) is 5.56 Å². The van der Waals surface area contributed by atoms with Crippen LogP contribution in [0.1, 0.15) is 29.8 Å². The molecule has 0 unspecified atom stereocenters. The van der Waals surface area contributed by atoms with Crippen LogP contribution in [0.15, 0.2) is 48.8 Å². The number of nitrogens with two attached hydrogens (primary N) is 1. The van der Waals surface area contributed by atoms with Crippen LogP contribution in [0, 0.1) is 5.92 Å². The Labute approximate surface area is 163 Å². The first kappa shape index (κ1) is 21.0. The lowest BCUT2D eigenvalue weighted by atomic mass is 10.1.